The average molecular weight is 1020 g/mol. The predicted molar refractivity (Wildman–Crippen MR) is 277 cm³/mol. The lowest BCUT2D eigenvalue weighted by Gasteiger charge is -2.58. The minimum atomic E-state index is -1.51. The fourth-order valence-electron chi connectivity index (χ4n) is 13.0. The van der Waals surface area contributed by atoms with Crippen molar-refractivity contribution in [2.75, 3.05) is 19.6 Å². The molecule has 0 spiro atoms. The second kappa shape index (κ2) is 26.6. The van der Waals surface area contributed by atoms with Crippen molar-refractivity contribution in [3.63, 3.8) is 0 Å². The van der Waals surface area contributed by atoms with Gasteiger partial charge in [0.15, 0.2) is 0 Å². The minimum absolute atomic E-state index is 0.0535. The van der Waals surface area contributed by atoms with Crippen LogP contribution < -0.4 is 43.4 Å². The Balaban J connectivity index is 1.15. The number of nitrogens with one attached hydrogen (secondary N) is 6. The normalized spacial score (nSPS) is 26.2. The third-order valence-corrected chi connectivity index (χ3v) is 16.9. The first-order valence-electron chi connectivity index (χ1n) is 26.9. The molecule has 4 aliphatic carbocycles. The Hall–Kier alpha value is -5.52. The smallest absolute Gasteiger partial charge is 0.407 e. The van der Waals surface area contributed by atoms with Crippen LogP contribution in [0, 0.1) is 52.3 Å². The molecule has 1 aromatic rings. The summed E-state index contributed by atoms with van der Waals surface area (Å²) in [5, 5.41) is 24.2. The van der Waals surface area contributed by atoms with Crippen LogP contribution in [0.5, 0.6) is 0 Å². The highest BCUT2D eigenvalue weighted by atomic mass is 16.6. The Morgan fingerprint density at radius 1 is 0.740 bits per heavy atom. The van der Waals surface area contributed by atoms with Gasteiger partial charge in [-0.2, -0.15) is 0 Å². The van der Waals surface area contributed by atoms with Gasteiger partial charge in [0.05, 0.1) is 13.0 Å². The van der Waals surface area contributed by atoms with Crippen molar-refractivity contribution >= 4 is 47.5 Å². The number of benzene rings is 1. The van der Waals surface area contributed by atoms with Crippen LogP contribution in [-0.2, 0) is 44.7 Å². The lowest BCUT2D eigenvalue weighted by molar-refractivity contribution is -0.140. The molecule has 3 fully saturated rings. The summed E-state index contributed by atoms with van der Waals surface area (Å²) in [5.41, 5.74) is 13.5. The first kappa shape index (κ1) is 58.4. The van der Waals surface area contributed by atoms with Crippen molar-refractivity contribution in [1.82, 2.24) is 31.9 Å². The highest BCUT2D eigenvalue weighted by molar-refractivity contribution is 5.96. The third-order valence-electron chi connectivity index (χ3n) is 16.9. The summed E-state index contributed by atoms with van der Waals surface area (Å²) in [4.78, 5) is 103. The average Bonchev–Trinajstić information content (AvgIpc) is 3.70. The standard InChI is InChI=1S/C55H86N8O10/c1-32(2)13-11-14-34(5)39-20-21-40-38-19-18-36-28-37(22-24-54(36,6)41(38)23-25-55(39,40)7)73-53(72)59-31-46(65)61-44(27-35-15-9-8-10-16-35)51(70)63-48(33(3)4)52(71)62-42(17-12-26-56)50(69)58-30-45(64)60-43(49(57)68)29-47(66)67/h8-10,15-16,18,32-34,37-44,48H,11-14,17,19-31,56H2,1-7H3,(H2,57,68)(H,58,69)(H,59,72)(H,60,64)(H,61,65)(H,62,71)(H,63,70)(H,66,67). The number of carbonyl (C=O) groups is 8. The lowest BCUT2D eigenvalue weighted by Crippen LogP contribution is -2.59. The number of rotatable bonds is 26. The second-order valence-electron chi connectivity index (χ2n) is 22.8. The molecular formula is C55H86N8O10. The molecule has 1 aromatic carbocycles. The van der Waals surface area contributed by atoms with Crippen LogP contribution in [0.3, 0.4) is 0 Å². The summed E-state index contributed by atoms with van der Waals surface area (Å²) < 4.78 is 5.95. The topological polar surface area (TPSA) is 290 Å². The molecule has 12 atom stereocenters. The number of alkyl carbamates (subject to hydrolysis) is 1. The summed E-state index contributed by atoms with van der Waals surface area (Å²) in [7, 11) is 0. The quantitative estimate of drug-likeness (QED) is 0.0570. The summed E-state index contributed by atoms with van der Waals surface area (Å²) in [6.45, 7) is 14.7. The van der Waals surface area contributed by atoms with Gasteiger partial charge >= 0.3 is 12.1 Å². The molecule has 0 bridgehead atoms. The number of carboxylic acids is 1. The fourth-order valence-corrected chi connectivity index (χ4v) is 13.0. The zero-order valence-electron chi connectivity index (χ0n) is 44.4. The number of allylic oxidation sites excluding steroid dienone is 1. The van der Waals surface area contributed by atoms with E-state index in [1.165, 1.54) is 50.5 Å². The number of amides is 7. The van der Waals surface area contributed by atoms with E-state index in [9.17, 15) is 38.4 Å². The van der Waals surface area contributed by atoms with Crippen molar-refractivity contribution < 1.29 is 48.2 Å². The Morgan fingerprint density at radius 3 is 2.07 bits per heavy atom. The van der Waals surface area contributed by atoms with E-state index in [1.54, 1.807) is 38.1 Å². The van der Waals surface area contributed by atoms with Crippen molar-refractivity contribution in [2.45, 2.75) is 175 Å². The molecule has 12 unspecified atom stereocenters. The first-order chi connectivity index (χ1) is 34.6. The molecule has 0 radical (unpaired) electrons. The van der Waals surface area contributed by atoms with E-state index < -0.39 is 97.1 Å². The van der Waals surface area contributed by atoms with E-state index in [0.29, 0.717) is 30.1 Å². The van der Waals surface area contributed by atoms with Gasteiger partial charge in [0, 0.05) is 12.8 Å². The maximum atomic E-state index is 14.0. The molecule has 11 N–H and O–H groups in total. The van der Waals surface area contributed by atoms with Crippen molar-refractivity contribution in [3.05, 3.63) is 47.5 Å². The second-order valence-corrected chi connectivity index (χ2v) is 22.8. The Morgan fingerprint density at radius 2 is 1.42 bits per heavy atom. The summed E-state index contributed by atoms with van der Waals surface area (Å²) in [6, 6.07) is 3.91. The first-order valence-corrected chi connectivity index (χ1v) is 26.9. The highest BCUT2D eigenvalue weighted by Crippen LogP contribution is 2.67. The molecule has 0 aromatic heterocycles. The number of primary amides is 1. The number of hydrogen-bond acceptors (Lipinski definition) is 10. The van der Waals surface area contributed by atoms with Crippen LogP contribution in [0.25, 0.3) is 0 Å². The van der Waals surface area contributed by atoms with Gasteiger partial charge in [0.2, 0.25) is 35.4 Å². The van der Waals surface area contributed by atoms with E-state index in [0.717, 1.165) is 48.5 Å². The van der Waals surface area contributed by atoms with Crippen LogP contribution in [0.1, 0.15) is 144 Å². The molecular weight excluding hydrogens is 933 g/mol. The summed E-state index contributed by atoms with van der Waals surface area (Å²) in [6.07, 6.45) is 13.7. The van der Waals surface area contributed by atoms with Gasteiger partial charge in [0.1, 0.15) is 36.8 Å². The monoisotopic (exact) mass is 1020 g/mol. The molecule has 0 aliphatic heterocycles. The van der Waals surface area contributed by atoms with Crippen molar-refractivity contribution in [2.24, 2.45) is 63.7 Å². The Kier molecular flexibility index (Phi) is 21.3. The van der Waals surface area contributed by atoms with Crippen molar-refractivity contribution in [1.29, 1.82) is 0 Å². The summed E-state index contributed by atoms with van der Waals surface area (Å²) >= 11 is 0. The van der Waals surface area contributed by atoms with E-state index in [-0.39, 0.29) is 30.9 Å². The maximum absolute atomic E-state index is 14.0. The van der Waals surface area contributed by atoms with Gasteiger partial charge in [-0.3, -0.25) is 33.6 Å². The zero-order chi connectivity index (χ0) is 53.6. The van der Waals surface area contributed by atoms with Crippen LogP contribution in [-0.4, -0.2) is 103 Å². The van der Waals surface area contributed by atoms with Gasteiger partial charge < -0.3 is 53.2 Å². The molecule has 4 aliphatic rings. The van der Waals surface area contributed by atoms with Crippen LogP contribution in [0.2, 0.25) is 0 Å². The molecule has 7 amide bonds. The number of ether oxygens (including phenoxy) is 1. The largest absolute Gasteiger partial charge is 0.481 e. The van der Waals surface area contributed by atoms with Gasteiger partial charge in [-0.05, 0) is 122 Å². The highest BCUT2D eigenvalue weighted by Gasteiger charge is 2.59. The fraction of sp³-hybridized carbons (Fsp3) is 0.709. The van der Waals surface area contributed by atoms with Crippen LogP contribution in [0.15, 0.2) is 42.0 Å². The van der Waals surface area contributed by atoms with Crippen LogP contribution in [0.4, 0.5) is 4.79 Å². The SMILES string of the molecule is CC(C)CCCC(C)C1CCC2C3CC=C4CC(OC(=O)NCC(=O)NC(Cc5ccccc5)C(=O)NC(C(=O)NC(CCCN)C(=O)NCC(=O)NC(CC(=O)O)C(N)=O)C(C)C)CCC4(C)C3CCC12C. The molecule has 0 saturated heterocycles. The van der Waals surface area contributed by atoms with Gasteiger partial charge in [-0.15, -0.1) is 0 Å². The number of nitrogens with two attached hydrogens (primary N) is 2. The van der Waals surface area contributed by atoms with Gasteiger partial charge in [0.25, 0.3) is 0 Å². The van der Waals surface area contributed by atoms with Gasteiger partial charge in [-0.1, -0.05) is 110 Å². The van der Waals surface area contributed by atoms with E-state index in [1.807, 2.05) is 6.07 Å². The predicted octanol–water partition coefficient (Wildman–Crippen LogP) is 4.78. The van der Waals surface area contributed by atoms with E-state index in [2.05, 4.69) is 72.6 Å². The van der Waals surface area contributed by atoms with Gasteiger partial charge in [-0.25, -0.2) is 4.79 Å². The number of hydrogen-bond donors (Lipinski definition) is 9. The summed E-state index contributed by atoms with van der Waals surface area (Å²) in [5.74, 6) is -2.28. The Bertz CT molecular complexity index is 2140. The Labute approximate surface area is 432 Å². The number of carboxylic acid groups (broad SMARTS) is 1. The number of aliphatic carboxylic acids is 1. The molecule has 3 saturated carbocycles. The molecule has 18 heteroatoms. The van der Waals surface area contributed by atoms with Crippen LogP contribution >= 0.6 is 0 Å². The molecule has 0 heterocycles. The maximum Gasteiger partial charge on any atom is 0.407 e. The third kappa shape index (κ3) is 15.7. The van der Waals surface area contributed by atoms with E-state index in [4.69, 9.17) is 21.3 Å². The number of carbonyl (C=O) groups excluding carboxylic acids is 7. The molecule has 5 rings (SSSR count). The molecule has 73 heavy (non-hydrogen) atoms. The lowest BCUT2D eigenvalue weighted by atomic mass is 9.47. The molecule has 18 nitrogen and oxygen atoms in total. The van der Waals surface area contributed by atoms with E-state index >= 15 is 0 Å². The number of fused-ring (bicyclic) bond motifs is 5. The molecule has 406 valence electrons. The zero-order valence-corrected chi connectivity index (χ0v) is 44.4. The van der Waals surface area contributed by atoms with Crippen molar-refractivity contribution in [3.8, 4) is 0 Å². The minimum Gasteiger partial charge on any atom is -0.481 e.